The number of amides is 1. The first-order chi connectivity index (χ1) is 18.4. The van der Waals surface area contributed by atoms with Gasteiger partial charge in [0.05, 0.1) is 17.2 Å². The smallest absolute Gasteiger partial charge is 0.338 e. The zero-order valence-electron chi connectivity index (χ0n) is 21.0. The van der Waals surface area contributed by atoms with Gasteiger partial charge < -0.3 is 14.8 Å². The van der Waals surface area contributed by atoms with Gasteiger partial charge in [-0.1, -0.05) is 54.1 Å². The fourth-order valence-corrected chi connectivity index (χ4v) is 4.17. The average Bonchev–Trinajstić information content (AvgIpc) is 2.92. The second-order valence-corrected chi connectivity index (χ2v) is 8.89. The van der Waals surface area contributed by atoms with Crippen LogP contribution in [0.2, 0.25) is 5.02 Å². The molecule has 1 N–H and O–H groups in total. The van der Waals surface area contributed by atoms with E-state index >= 15 is 0 Å². The van der Waals surface area contributed by atoms with Crippen molar-refractivity contribution in [3.8, 4) is 11.8 Å². The van der Waals surface area contributed by atoms with E-state index in [0.29, 0.717) is 34.2 Å². The lowest BCUT2D eigenvalue weighted by molar-refractivity contribution is -0.112. The number of nitrogens with one attached hydrogen (secondary N) is 1. The van der Waals surface area contributed by atoms with E-state index in [-0.39, 0.29) is 12.2 Å². The highest BCUT2D eigenvalue weighted by Gasteiger charge is 2.13. The van der Waals surface area contributed by atoms with Gasteiger partial charge >= 0.3 is 5.97 Å². The van der Waals surface area contributed by atoms with Crippen molar-refractivity contribution in [3.05, 3.63) is 112 Å². The van der Waals surface area contributed by atoms with Gasteiger partial charge in [-0.05, 0) is 78.2 Å². The Hall–Kier alpha value is -4.60. The molecule has 0 saturated heterocycles. The average molecular weight is 525 g/mol. The van der Waals surface area contributed by atoms with E-state index < -0.39 is 11.9 Å². The van der Waals surface area contributed by atoms with E-state index in [1.807, 2.05) is 25.1 Å². The van der Waals surface area contributed by atoms with Crippen LogP contribution in [0, 0.1) is 18.3 Å². The maximum atomic E-state index is 12.7. The predicted molar refractivity (Wildman–Crippen MR) is 149 cm³/mol. The molecule has 190 valence electrons. The fraction of sp³-hybridized carbons (Fsp3) is 0.129. The molecular formula is C31H25ClN2O4. The molecule has 0 spiro atoms. The van der Waals surface area contributed by atoms with Crippen LogP contribution in [0.5, 0.6) is 5.75 Å². The number of rotatable bonds is 8. The van der Waals surface area contributed by atoms with Gasteiger partial charge in [-0.25, -0.2) is 4.79 Å². The first-order valence-corrected chi connectivity index (χ1v) is 12.4. The molecule has 0 aliphatic carbocycles. The Kier molecular flexibility index (Phi) is 8.42. The maximum Gasteiger partial charge on any atom is 0.338 e. The molecule has 0 unspecified atom stereocenters. The van der Waals surface area contributed by atoms with Crippen LogP contribution in [-0.4, -0.2) is 18.5 Å². The van der Waals surface area contributed by atoms with Crippen molar-refractivity contribution in [1.82, 2.24) is 0 Å². The summed E-state index contributed by atoms with van der Waals surface area (Å²) >= 11 is 6.48. The van der Waals surface area contributed by atoms with E-state index in [9.17, 15) is 14.9 Å². The summed E-state index contributed by atoms with van der Waals surface area (Å²) in [5, 5.41) is 14.8. The van der Waals surface area contributed by atoms with Crippen LogP contribution >= 0.6 is 11.6 Å². The lowest BCUT2D eigenvalue weighted by Crippen LogP contribution is -2.13. The molecule has 0 saturated carbocycles. The molecule has 0 bridgehead atoms. The van der Waals surface area contributed by atoms with Crippen LogP contribution in [0.3, 0.4) is 0 Å². The van der Waals surface area contributed by atoms with Crippen molar-refractivity contribution in [2.75, 3.05) is 11.9 Å². The SMILES string of the molecule is CCOC(=O)c1ccc(NC(=O)/C(C#N)=C/c2ccc(OCc3c(C)ccc4ccccc34)c(Cl)c2)cc1. The minimum Gasteiger partial charge on any atom is -0.487 e. The van der Waals surface area contributed by atoms with E-state index in [4.69, 9.17) is 21.1 Å². The Bertz CT molecular complexity index is 1570. The van der Waals surface area contributed by atoms with Crippen LogP contribution in [0.15, 0.2) is 84.4 Å². The fourth-order valence-electron chi connectivity index (χ4n) is 3.93. The van der Waals surface area contributed by atoms with E-state index in [0.717, 1.165) is 21.9 Å². The van der Waals surface area contributed by atoms with Gasteiger partial charge in [-0.15, -0.1) is 0 Å². The molecule has 7 heteroatoms. The van der Waals surface area contributed by atoms with Crippen molar-refractivity contribution in [2.45, 2.75) is 20.5 Å². The summed E-state index contributed by atoms with van der Waals surface area (Å²) in [4.78, 5) is 24.5. The van der Waals surface area contributed by atoms with Crippen LogP contribution in [-0.2, 0) is 16.1 Å². The zero-order chi connectivity index (χ0) is 27.1. The van der Waals surface area contributed by atoms with E-state index in [2.05, 4.69) is 29.6 Å². The summed E-state index contributed by atoms with van der Waals surface area (Å²) in [6.07, 6.45) is 1.45. The number of nitrogens with zero attached hydrogens (tertiary/aromatic N) is 1. The minimum absolute atomic E-state index is 0.101. The molecule has 0 fully saturated rings. The molecule has 0 radical (unpaired) electrons. The number of aryl methyl sites for hydroxylation is 1. The van der Waals surface area contributed by atoms with Crippen molar-refractivity contribution in [3.63, 3.8) is 0 Å². The van der Waals surface area contributed by atoms with Gasteiger partial charge in [0.2, 0.25) is 0 Å². The van der Waals surface area contributed by atoms with Crippen molar-refractivity contribution in [2.24, 2.45) is 0 Å². The number of esters is 1. The highest BCUT2D eigenvalue weighted by molar-refractivity contribution is 6.32. The Morgan fingerprint density at radius 1 is 1.03 bits per heavy atom. The zero-order valence-corrected chi connectivity index (χ0v) is 21.7. The number of carbonyl (C=O) groups is 2. The van der Waals surface area contributed by atoms with Crippen molar-refractivity contribution < 1.29 is 19.1 Å². The van der Waals surface area contributed by atoms with E-state index in [1.54, 1.807) is 49.4 Å². The van der Waals surface area contributed by atoms with Gasteiger partial charge in [0.25, 0.3) is 5.91 Å². The standard InChI is InChI=1S/C31H25ClN2O4/c1-3-37-31(36)23-11-13-25(14-12-23)34-30(35)24(18-33)16-21-9-15-29(28(32)17-21)38-19-27-20(2)8-10-22-6-4-5-7-26(22)27/h4-17H,3,19H2,1-2H3,(H,34,35)/b24-16+. The maximum absolute atomic E-state index is 12.7. The number of ether oxygens (including phenoxy) is 2. The third-order valence-corrected chi connectivity index (χ3v) is 6.23. The van der Waals surface area contributed by atoms with Crippen LogP contribution in [0.1, 0.15) is 34.0 Å². The molecular weight excluding hydrogens is 500 g/mol. The number of nitriles is 1. The topological polar surface area (TPSA) is 88.4 Å². The number of hydrogen-bond donors (Lipinski definition) is 1. The summed E-state index contributed by atoms with van der Waals surface area (Å²) in [5.41, 5.74) is 3.49. The molecule has 0 aliphatic heterocycles. The summed E-state index contributed by atoms with van der Waals surface area (Å²) in [6, 6.07) is 25.5. The summed E-state index contributed by atoms with van der Waals surface area (Å²) in [6.45, 7) is 4.39. The van der Waals surface area contributed by atoms with Crippen molar-refractivity contribution >= 4 is 46.0 Å². The Morgan fingerprint density at radius 3 is 2.50 bits per heavy atom. The lowest BCUT2D eigenvalue weighted by Gasteiger charge is -2.13. The number of carbonyl (C=O) groups excluding carboxylic acids is 2. The number of anilines is 1. The van der Waals surface area contributed by atoms with Gasteiger partial charge in [0.15, 0.2) is 0 Å². The second-order valence-electron chi connectivity index (χ2n) is 8.48. The van der Waals surface area contributed by atoms with Crippen LogP contribution in [0.25, 0.3) is 16.8 Å². The molecule has 0 heterocycles. The number of hydrogen-bond acceptors (Lipinski definition) is 5. The molecule has 38 heavy (non-hydrogen) atoms. The number of fused-ring (bicyclic) bond motifs is 1. The Balaban J connectivity index is 1.45. The molecule has 4 aromatic rings. The van der Waals surface area contributed by atoms with Gasteiger partial charge in [0.1, 0.15) is 24.0 Å². The number of halogens is 1. The summed E-state index contributed by atoms with van der Waals surface area (Å²) in [7, 11) is 0. The summed E-state index contributed by atoms with van der Waals surface area (Å²) < 4.78 is 11.0. The van der Waals surface area contributed by atoms with Crippen molar-refractivity contribution in [1.29, 1.82) is 5.26 Å². The molecule has 6 nitrogen and oxygen atoms in total. The minimum atomic E-state index is -0.584. The monoisotopic (exact) mass is 524 g/mol. The van der Waals surface area contributed by atoms with Crippen LogP contribution in [0.4, 0.5) is 5.69 Å². The quantitative estimate of drug-likeness (QED) is 0.151. The number of benzene rings is 4. The third kappa shape index (κ3) is 6.20. The lowest BCUT2D eigenvalue weighted by atomic mass is 10.0. The predicted octanol–water partition coefficient (Wildman–Crippen LogP) is 7.10. The molecule has 0 atom stereocenters. The third-order valence-electron chi connectivity index (χ3n) is 5.93. The molecule has 0 aromatic heterocycles. The molecule has 1 amide bonds. The normalized spacial score (nSPS) is 11.1. The van der Waals surface area contributed by atoms with Gasteiger partial charge in [-0.3, -0.25) is 4.79 Å². The first kappa shape index (κ1) is 26.5. The molecule has 4 rings (SSSR count). The van der Waals surface area contributed by atoms with Crippen LogP contribution < -0.4 is 10.1 Å². The molecule has 4 aromatic carbocycles. The van der Waals surface area contributed by atoms with Gasteiger partial charge in [0, 0.05) is 11.3 Å². The Morgan fingerprint density at radius 2 is 1.79 bits per heavy atom. The largest absolute Gasteiger partial charge is 0.487 e. The van der Waals surface area contributed by atoms with E-state index in [1.165, 1.54) is 6.08 Å². The van der Waals surface area contributed by atoms with Gasteiger partial charge in [-0.2, -0.15) is 5.26 Å². The highest BCUT2D eigenvalue weighted by Crippen LogP contribution is 2.29. The molecule has 0 aliphatic rings. The Labute approximate surface area is 226 Å². The second kappa shape index (κ2) is 12.1. The highest BCUT2D eigenvalue weighted by atomic mass is 35.5. The first-order valence-electron chi connectivity index (χ1n) is 12.0. The summed E-state index contributed by atoms with van der Waals surface area (Å²) in [5.74, 6) is -0.528.